The number of nitrogens with zero attached hydrogens (tertiary/aromatic N) is 1. The minimum absolute atomic E-state index is 0.266. The smallest absolute Gasteiger partial charge is 0.328 e. The Morgan fingerprint density at radius 3 is 2.77 bits per heavy atom. The molecular formula is C8H11NO2S2. The van der Waals surface area contributed by atoms with Crippen LogP contribution in [0.2, 0.25) is 0 Å². The SMILES string of the molecule is COC(=O)C(C)n1c(C)csc1=S. The Bertz CT molecular complexity index is 366. The molecular weight excluding hydrogens is 206 g/mol. The zero-order valence-corrected chi connectivity index (χ0v) is 9.37. The summed E-state index contributed by atoms with van der Waals surface area (Å²) in [7, 11) is 1.38. The molecule has 0 aliphatic heterocycles. The first kappa shape index (κ1) is 10.4. The zero-order valence-electron chi connectivity index (χ0n) is 7.73. The van der Waals surface area contributed by atoms with Crippen molar-refractivity contribution in [3.05, 3.63) is 15.0 Å². The van der Waals surface area contributed by atoms with Crippen LogP contribution in [0, 0.1) is 10.9 Å². The lowest BCUT2D eigenvalue weighted by molar-refractivity contribution is -0.144. The largest absolute Gasteiger partial charge is 0.467 e. The van der Waals surface area contributed by atoms with E-state index in [0.717, 1.165) is 5.69 Å². The van der Waals surface area contributed by atoms with Crippen LogP contribution in [0.25, 0.3) is 0 Å². The zero-order chi connectivity index (χ0) is 10.0. The van der Waals surface area contributed by atoms with Gasteiger partial charge in [0.15, 0.2) is 3.95 Å². The first-order chi connectivity index (χ1) is 6.07. The summed E-state index contributed by atoms with van der Waals surface area (Å²) in [6, 6.07) is -0.330. The maximum absolute atomic E-state index is 11.2. The summed E-state index contributed by atoms with van der Waals surface area (Å²) in [4.78, 5) is 11.2. The van der Waals surface area contributed by atoms with Crippen molar-refractivity contribution in [2.24, 2.45) is 0 Å². The predicted molar refractivity (Wildman–Crippen MR) is 54.6 cm³/mol. The van der Waals surface area contributed by atoms with Crippen molar-refractivity contribution in [3.8, 4) is 0 Å². The number of aryl methyl sites for hydroxylation is 1. The highest BCUT2D eigenvalue weighted by atomic mass is 32.1. The molecule has 0 radical (unpaired) electrons. The van der Waals surface area contributed by atoms with Gasteiger partial charge in [-0.05, 0) is 26.1 Å². The number of ether oxygens (including phenoxy) is 1. The molecule has 72 valence electrons. The molecule has 0 aliphatic rings. The standard InChI is InChI=1S/C8H11NO2S2/c1-5-4-13-8(12)9(5)6(2)7(10)11-3/h4,6H,1-3H3. The third kappa shape index (κ3) is 1.97. The number of carbonyl (C=O) groups is 1. The lowest BCUT2D eigenvalue weighted by atomic mass is 10.3. The Kier molecular flexibility index (Phi) is 3.22. The molecule has 0 amide bonds. The van der Waals surface area contributed by atoms with Gasteiger partial charge < -0.3 is 9.30 Å². The highest BCUT2D eigenvalue weighted by Gasteiger charge is 2.17. The van der Waals surface area contributed by atoms with E-state index in [1.54, 1.807) is 11.5 Å². The number of esters is 1. The molecule has 0 saturated heterocycles. The Balaban J connectivity index is 3.07. The Morgan fingerprint density at radius 2 is 2.38 bits per heavy atom. The van der Waals surface area contributed by atoms with Crippen LogP contribution in [0.3, 0.4) is 0 Å². The molecule has 1 atom stereocenters. The van der Waals surface area contributed by atoms with E-state index in [2.05, 4.69) is 4.74 Å². The van der Waals surface area contributed by atoms with Crippen LogP contribution in [0.15, 0.2) is 5.38 Å². The van der Waals surface area contributed by atoms with Crippen molar-refractivity contribution >= 4 is 29.5 Å². The van der Waals surface area contributed by atoms with E-state index >= 15 is 0 Å². The minimum Gasteiger partial charge on any atom is -0.467 e. The van der Waals surface area contributed by atoms with Crippen LogP contribution < -0.4 is 0 Å². The highest BCUT2D eigenvalue weighted by Crippen LogP contribution is 2.17. The second-order valence-corrected chi connectivity index (χ2v) is 4.22. The number of hydrogen-bond donors (Lipinski definition) is 0. The molecule has 1 unspecified atom stereocenters. The fourth-order valence-electron chi connectivity index (χ4n) is 1.13. The molecule has 0 saturated carbocycles. The van der Waals surface area contributed by atoms with Crippen molar-refractivity contribution in [1.82, 2.24) is 4.57 Å². The van der Waals surface area contributed by atoms with E-state index in [1.807, 2.05) is 12.3 Å². The summed E-state index contributed by atoms with van der Waals surface area (Å²) in [6.07, 6.45) is 0. The van der Waals surface area contributed by atoms with Crippen molar-refractivity contribution in [1.29, 1.82) is 0 Å². The summed E-state index contributed by atoms with van der Waals surface area (Å²) in [5, 5.41) is 1.93. The van der Waals surface area contributed by atoms with Crippen molar-refractivity contribution in [2.75, 3.05) is 7.11 Å². The molecule has 5 heteroatoms. The van der Waals surface area contributed by atoms with Gasteiger partial charge in [0.2, 0.25) is 0 Å². The van der Waals surface area contributed by atoms with E-state index < -0.39 is 0 Å². The fourth-order valence-corrected chi connectivity index (χ4v) is 2.38. The van der Waals surface area contributed by atoms with E-state index in [9.17, 15) is 4.79 Å². The summed E-state index contributed by atoms with van der Waals surface area (Å²) < 4.78 is 7.15. The van der Waals surface area contributed by atoms with Crippen LogP contribution in [-0.4, -0.2) is 17.6 Å². The second kappa shape index (κ2) is 4.02. The molecule has 0 aromatic carbocycles. The van der Waals surface area contributed by atoms with Crippen LogP contribution in [0.4, 0.5) is 0 Å². The number of carbonyl (C=O) groups excluding carboxylic acids is 1. The van der Waals surface area contributed by atoms with Crippen molar-refractivity contribution in [2.45, 2.75) is 19.9 Å². The molecule has 1 rings (SSSR count). The van der Waals surface area contributed by atoms with Gasteiger partial charge in [0.25, 0.3) is 0 Å². The molecule has 0 aliphatic carbocycles. The van der Waals surface area contributed by atoms with Gasteiger partial charge in [-0.3, -0.25) is 0 Å². The average molecular weight is 217 g/mol. The van der Waals surface area contributed by atoms with Crippen molar-refractivity contribution in [3.63, 3.8) is 0 Å². The van der Waals surface area contributed by atoms with Gasteiger partial charge >= 0.3 is 5.97 Å². The Morgan fingerprint density at radius 1 is 1.77 bits per heavy atom. The molecule has 3 nitrogen and oxygen atoms in total. The van der Waals surface area contributed by atoms with Gasteiger partial charge in [0, 0.05) is 11.1 Å². The third-order valence-corrected chi connectivity index (χ3v) is 3.18. The maximum atomic E-state index is 11.2. The van der Waals surface area contributed by atoms with Gasteiger partial charge in [-0.15, -0.1) is 11.3 Å². The van der Waals surface area contributed by atoms with Gasteiger partial charge in [-0.1, -0.05) is 0 Å². The topological polar surface area (TPSA) is 31.2 Å². The van der Waals surface area contributed by atoms with Gasteiger partial charge in [-0.2, -0.15) is 0 Å². The molecule has 0 bridgehead atoms. The molecule has 1 aromatic rings. The molecule has 1 heterocycles. The molecule has 0 N–H and O–H groups in total. The van der Waals surface area contributed by atoms with E-state index in [1.165, 1.54) is 18.4 Å². The quantitative estimate of drug-likeness (QED) is 0.563. The lowest BCUT2D eigenvalue weighted by Gasteiger charge is -2.12. The number of aromatic nitrogens is 1. The summed E-state index contributed by atoms with van der Waals surface area (Å²) >= 11 is 6.55. The summed E-state index contributed by atoms with van der Waals surface area (Å²) in [5.41, 5.74) is 0.993. The van der Waals surface area contributed by atoms with Crippen molar-refractivity contribution < 1.29 is 9.53 Å². The number of rotatable bonds is 2. The lowest BCUT2D eigenvalue weighted by Crippen LogP contribution is -2.18. The highest BCUT2D eigenvalue weighted by molar-refractivity contribution is 7.73. The van der Waals surface area contributed by atoms with Crippen LogP contribution in [0.1, 0.15) is 18.7 Å². The second-order valence-electron chi connectivity index (χ2n) is 2.71. The molecule has 1 aromatic heterocycles. The maximum Gasteiger partial charge on any atom is 0.328 e. The number of hydrogen-bond acceptors (Lipinski definition) is 4. The third-order valence-electron chi connectivity index (χ3n) is 1.84. The predicted octanol–water partition coefficient (Wildman–Crippen LogP) is 2.32. The fraction of sp³-hybridized carbons (Fsp3) is 0.500. The van der Waals surface area contributed by atoms with E-state index in [0.29, 0.717) is 3.95 Å². The number of thiazole rings is 1. The normalized spacial score (nSPS) is 12.5. The first-order valence-electron chi connectivity index (χ1n) is 3.82. The van der Waals surface area contributed by atoms with Crippen LogP contribution in [0.5, 0.6) is 0 Å². The minimum atomic E-state index is -0.330. The summed E-state index contributed by atoms with van der Waals surface area (Å²) in [5.74, 6) is -0.266. The Labute approximate surface area is 86.0 Å². The monoisotopic (exact) mass is 217 g/mol. The average Bonchev–Trinajstić information content (AvgIpc) is 2.44. The van der Waals surface area contributed by atoms with E-state index in [-0.39, 0.29) is 12.0 Å². The Hall–Kier alpha value is -0.680. The van der Waals surface area contributed by atoms with Gasteiger partial charge in [-0.25, -0.2) is 4.79 Å². The van der Waals surface area contributed by atoms with Gasteiger partial charge in [0.1, 0.15) is 6.04 Å². The molecule has 0 fully saturated rings. The number of methoxy groups -OCH3 is 1. The van der Waals surface area contributed by atoms with Gasteiger partial charge in [0.05, 0.1) is 7.11 Å². The molecule has 0 spiro atoms. The molecule has 13 heavy (non-hydrogen) atoms. The van der Waals surface area contributed by atoms with Crippen LogP contribution >= 0.6 is 23.6 Å². The van der Waals surface area contributed by atoms with Crippen LogP contribution in [-0.2, 0) is 9.53 Å². The van der Waals surface area contributed by atoms with E-state index in [4.69, 9.17) is 12.2 Å². The first-order valence-corrected chi connectivity index (χ1v) is 5.11. The summed E-state index contributed by atoms with van der Waals surface area (Å²) in [6.45, 7) is 3.70.